The fraction of sp³-hybridized carbons (Fsp3) is 0.259. The number of aryl methyl sites for hydroxylation is 1. The van der Waals surface area contributed by atoms with Crippen molar-refractivity contribution in [1.29, 1.82) is 0 Å². The smallest absolute Gasteiger partial charge is 0.251 e. The Morgan fingerprint density at radius 1 is 1.15 bits per heavy atom. The number of nitrogens with zero attached hydrogens (tertiary/aromatic N) is 1. The molecule has 0 fully saturated rings. The standard InChI is InChI=1S/C27H27ClN4O/c28-23-8-2-1-6-19(23)12-14-30-25-9-3-7-21-22-15-20(10-11-24(22)32-26(21)25)27(33)31-17-18-5-4-13-29-16-18/h1-2,4-6,8,10-11,13,15-16,25,30,32H,3,7,9,12,14,17H2,(H,31,33). The Morgan fingerprint density at radius 2 is 2.06 bits per heavy atom. The lowest BCUT2D eigenvalue weighted by atomic mass is 9.91. The number of hydrogen-bond donors (Lipinski definition) is 3. The van der Waals surface area contributed by atoms with Crippen LogP contribution in [-0.2, 0) is 19.4 Å². The second kappa shape index (κ2) is 9.77. The minimum atomic E-state index is -0.0686. The van der Waals surface area contributed by atoms with E-state index in [1.54, 1.807) is 12.4 Å². The molecule has 0 radical (unpaired) electrons. The van der Waals surface area contributed by atoms with Gasteiger partial charge in [-0.25, -0.2) is 0 Å². The third-order valence-corrected chi connectivity index (χ3v) is 6.76. The number of pyridine rings is 1. The van der Waals surface area contributed by atoms with Crippen molar-refractivity contribution in [2.75, 3.05) is 6.54 Å². The molecule has 1 unspecified atom stereocenters. The molecule has 0 spiro atoms. The molecule has 1 aliphatic carbocycles. The van der Waals surface area contributed by atoms with E-state index in [0.717, 1.165) is 53.7 Å². The van der Waals surface area contributed by atoms with Crippen molar-refractivity contribution in [2.24, 2.45) is 0 Å². The predicted octanol–water partition coefficient (Wildman–Crippen LogP) is 5.36. The number of nitrogens with one attached hydrogen (secondary N) is 3. The van der Waals surface area contributed by atoms with E-state index in [-0.39, 0.29) is 11.9 Å². The number of carbonyl (C=O) groups is 1. The highest BCUT2D eigenvalue weighted by Crippen LogP contribution is 2.35. The van der Waals surface area contributed by atoms with E-state index in [1.807, 2.05) is 48.5 Å². The van der Waals surface area contributed by atoms with E-state index in [0.29, 0.717) is 12.1 Å². The number of amides is 1. The lowest BCUT2D eigenvalue weighted by Crippen LogP contribution is -2.27. The minimum Gasteiger partial charge on any atom is -0.357 e. The second-order valence-electron chi connectivity index (χ2n) is 8.56. The Labute approximate surface area is 198 Å². The van der Waals surface area contributed by atoms with Crippen LogP contribution in [0.1, 0.15) is 51.6 Å². The third-order valence-electron chi connectivity index (χ3n) is 6.39. The third kappa shape index (κ3) is 4.80. The zero-order valence-electron chi connectivity index (χ0n) is 18.4. The van der Waals surface area contributed by atoms with Gasteiger partial charge >= 0.3 is 0 Å². The van der Waals surface area contributed by atoms with Gasteiger partial charge in [0, 0.05) is 52.2 Å². The Kier molecular flexibility index (Phi) is 6.42. The Balaban J connectivity index is 1.29. The van der Waals surface area contributed by atoms with Crippen LogP contribution in [0, 0.1) is 0 Å². The van der Waals surface area contributed by atoms with E-state index in [4.69, 9.17) is 11.6 Å². The summed E-state index contributed by atoms with van der Waals surface area (Å²) in [6.45, 7) is 1.33. The first kappa shape index (κ1) is 21.7. The van der Waals surface area contributed by atoms with Crippen molar-refractivity contribution in [3.63, 3.8) is 0 Å². The van der Waals surface area contributed by atoms with Crippen molar-refractivity contribution in [3.05, 3.63) is 100.0 Å². The highest BCUT2D eigenvalue weighted by Gasteiger charge is 2.24. The van der Waals surface area contributed by atoms with Gasteiger partial charge in [-0.1, -0.05) is 35.9 Å². The lowest BCUT2D eigenvalue weighted by molar-refractivity contribution is 0.0951. The van der Waals surface area contributed by atoms with E-state index >= 15 is 0 Å². The summed E-state index contributed by atoms with van der Waals surface area (Å²) in [6, 6.07) is 18.1. The van der Waals surface area contributed by atoms with Gasteiger partial charge in [0.15, 0.2) is 0 Å². The summed E-state index contributed by atoms with van der Waals surface area (Å²) >= 11 is 6.31. The Bertz CT molecular complexity index is 1270. The van der Waals surface area contributed by atoms with Crippen LogP contribution >= 0.6 is 11.6 Å². The van der Waals surface area contributed by atoms with Gasteiger partial charge in [0.2, 0.25) is 0 Å². The monoisotopic (exact) mass is 458 g/mol. The van der Waals surface area contributed by atoms with Crippen LogP contribution in [0.25, 0.3) is 10.9 Å². The van der Waals surface area contributed by atoms with Crippen LogP contribution in [0.5, 0.6) is 0 Å². The first-order chi connectivity index (χ1) is 16.2. The van der Waals surface area contributed by atoms with Gasteiger partial charge in [0.05, 0.1) is 0 Å². The normalized spacial score (nSPS) is 15.4. The molecule has 168 valence electrons. The number of benzene rings is 2. The number of hydrogen-bond acceptors (Lipinski definition) is 3. The first-order valence-electron chi connectivity index (χ1n) is 11.5. The SMILES string of the molecule is O=C(NCc1cccnc1)c1ccc2[nH]c3c(c2c1)CCCC3NCCc1ccccc1Cl. The molecule has 0 saturated heterocycles. The number of aromatic nitrogens is 2. The number of halogens is 1. The fourth-order valence-corrected chi connectivity index (χ4v) is 4.91. The van der Waals surface area contributed by atoms with Crippen molar-refractivity contribution in [3.8, 4) is 0 Å². The number of carbonyl (C=O) groups excluding carboxylic acids is 1. The van der Waals surface area contributed by atoms with Gasteiger partial charge in [-0.3, -0.25) is 9.78 Å². The van der Waals surface area contributed by atoms with E-state index in [9.17, 15) is 4.79 Å². The maximum atomic E-state index is 12.8. The molecular weight excluding hydrogens is 432 g/mol. The summed E-state index contributed by atoms with van der Waals surface area (Å²) in [4.78, 5) is 20.5. The molecule has 1 amide bonds. The van der Waals surface area contributed by atoms with Crippen LogP contribution in [-0.4, -0.2) is 22.4 Å². The number of fused-ring (bicyclic) bond motifs is 3. The van der Waals surface area contributed by atoms with Gasteiger partial charge in [0.1, 0.15) is 0 Å². The average Bonchev–Trinajstić information content (AvgIpc) is 3.23. The molecule has 6 heteroatoms. The lowest BCUT2D eigenvalue weighted by Gasteiger charge is -2.24. The molecule has 5 rings (SSSR count). The van der Waals surface area contributed by atoms with Gasteiger partial charge in [0.25, 0.3) is 5.91 Å². The highest BCUT2D eigenvalue weighted by molar-refractivity contribution is 6.31. The van der Waals surface area contributed by atoms with Crippen LogP contribution < -0.4 is 10.6 Å². The molecule has 3 N–H and O–H groups in total. The van der Waals surface area contributed by atoms with Crippen LogP contribution in [0.2, 0.25) is 5.02 Å². The predicted molar refractivity (Wildman–Crippen MR) is 133 cm³/mol. The molecule has 0 aliphatic heterocycles. The molecule has 0 saturated carbocycles. The average molecular weight is 459 g/mol. The number of rotatable bonds is 7. The zero-order chi connectivity index (χ0) is 22.6. The van der Waals surface area contributed by atoms with Gasteiger partial charge in [-0.2, -0.15) is 0 Å². The maximum absolute atomic E-state index is 12.8. The summed E-state index contributed by atoms with van der Waals surface area (Å²) in [5.41, 5.74) is 6.50. The van der Waals surface area contributed by atoms with Gasteiger partial charge in [-0.15, -0.1) is 0 Å². The van der Waals surface area contributed by atoms with Gasteiger partial charge in [-0.05, 0) is 79.3 Å². The van der Waals surface area contributed by atoms with Crippen LogP contribution in [0.3, 0.4) is 0 Å². The molecule has 2 heterocycles. The largest absolute Gasteiger partial charge is 0.357 e. The van der Waals surface area contributed by atoms with Crippen LogP contribution in [0.15, 0.2) is 67.0 Å². The number of H-pyrrole nitrogens is 1. The number of aromatic amines is 1. The molecule has 1 atom stereocenters. The second-order valence-corrected chi connectivity index (χ2v) is 8.97. The van der Waals surface area contributed by atoms with Crippen molar-refractivity contribution in [2.45, 2.75) is 38.3 Å². The van der Waals surface area contributed by atoms with Crippen molar-refractivity contribution in [1.82, 2.24) is 20.6 Å². The zero-order valence-corrected chi connectivity index (χ0v) is 19.2. The molecule has 4 aromatic rings. The molecular formula is C27H27ClN4O. The fourth-order valence-electron chi connectivity index (χ4n) is 4.68. The summed E-state index contributed by atoms with van der Waals surface area (Å²) in [6.07, 6.45) is 7.64. The molecule has 1 aliphatic rings. The maximum Gasteiger partial charge on any atom is 0.251 e. The molecule has 2 aromatic carbocycles. The van der Waals surface area contributed by atoms with Crippen LogP contribution in [0.4, 0.5) is 0 Å². The van der Waals surface area contributed by atoms with E-state index in [2.05, 4.69) is 26.7 Å². The molecule has 33 heavy (non-hydrogen) atoms. The molecule has 5 nitrogen and oxygen atoms in total. The summed E-state index contributed by atoms with van der Waals surface area (Å²) in [5.74, 6) is -0.0686. The van der Waals surface area contributed by atoms with Crippen molar-refractivity contribution >= 4 is 28.4 Å². The quantitative estimate of drug-likeness (QED) is 0.349. The summed E-state index contributed by atoms with van der Waals surface area (Å²) in [5, 5.41) is 8.68. The topological polar surface area (TPSA) is 69.8 Å². The summed E-state index contributed by atoms with van der Waals surface area (Å²) < 4.78 is 0. The van der Waals surface area contributed by atoms with Crippen molar-refractivity contribution < 1.29 is 4.79 Å². The molecule has 2 aromatic heterocycles. The first-order valence-corrected chi connectivity index (χ1v) is 11.9. The minimum absolute atomic E-state index is 0.0686. The Morgan fingerprint density at radius 3 is 2.91 bits per heavy atom. The van der Waals surface area contributed by atoms with Gasteiger partial charge < -0.3 is 15.6 Å². The Hall–Kier alpha value is -3.15. The molecule has 0 bridgehead atoms. The summed E-state index contributed by atoms with van der Waals surface area (Å²) in [7, 11) is 0. The van der Waals surface area contributed by atoms with E-state index in [1.165, 1.54) is 16.8 Å². The highest BCUT2D eigenvalue weighted by atomic mass is 35.5. The van der Waals surface area contributed by atoms with E-state index < -0.39 is 0 Å².